The maximum absolute atomic E-state index is 12.1. The molecule has 0 heterocycles. The molecule has 0 unspecified atom stereocenters. The van der Waals surface area contributed by atoms with Gasteiger partial charge < -0.3 is 15.8 Å². The van der Waals surface area contributed by atoms with Crippen molar-refractivity contribution in [3.05, 3.63) is 115 Å². The van der Waals surface area contributed by atoms with Gasteiger partial charge in [0.15, 0.2) is 0 Å². The molecule has 0 radical (unpaired) electrons. The molecule has 32 heavy (non-hydrogen) atoms. The maximum Gasteiger partial charge on any atom is 0.248 e. The molecule has 4 aromatic carbocycles. The van der Waals surface area contributed by atoms with Crippen LogP contribution in [0.4, 0.5) is 17.1 Å². The largest absolute Gasteiger partial charge is 0.397 e. The van der Waals surface area contributed by atoms with Gasteiger partial charge in [0.1, 0.15) is 0 Å². The first kappa shape index (κ1) is 21.3. The number of nitrogens with two attached hydrogens (primary N) is 1. The number of benzene rings is 4. The van der Waals surface area contributed by atoms with Crippen molar-refractivity contribution in [2.24, 2.45) is 0 Å². The molecular formula is C27H23N3OS. The Morgan fingerprint density at radius 3 is 2.12 bits per heavy atom. The highest BCUT2D eigenvalue weighted by Crippen LogP contribution is 2.25. The summed E-state index contributed by atoms with van der Waals surface area (Å²) < 4.78 is 3.35. The van der Waals surface area contributed by atoms with Gasteiger partial charge in [0, 0.05) is 16.7 Å². The van der Waals surface area contributed by atoms with Crippen LogP contribution >= 0.6 is 11.9 Å². The monoisotopic (exact) mass is 437 g/mol. The highest BCUT2D eigenvalue weighted by atomic mass is 32.2. The minimum atomic E-state index is -0.223. The first-order chi connectivity index (χ1) is 15.7. The lowest BCUT2D eigenvalue weighted by Crippen LogP contribution is -2.09. The summed E-state index contributed by atoms with van der Waals surface area (Å²) in [4.78, 5) is 13.2. The molecule has 0 spiro atoms. The Morgan fingerprint density at radius 2 is 1.41 bits per heavy atom. The van der Waals surface area contributed by atoms with Crippen molar-refractivity contribution in [2.75, 3.05) is 15.8 Å². The van der Waals surface area contributed by atoms with Gasteiger partial charge in [-0.3, -0.25) is 4.79 Å². The summed E-state index contributed by atoms with van der Waals surface area (Å²) in [7, 11) is 0. The van der Waals surface area contributed by atoms with Gasteiger partial charge in [-0.25, -0.2) is 0 Å². The fraction of sp³-hybridized carbons (Fsp3) is 0. The van der Waals surface area contributed by atoms with Crippen molar-refractivity contribution in [1.82, 2.24) is 0 Å². The van der Waals surface area contributed by atoms with Crippen LogP contribution in [0.3, 0.4) is 0 Å². The number of carbonyl (C=O) groups is 1. The number of hydrogen-bond donors (Lipinski definition) is 3. The second-order valence-electron chi connectivity index (χ2n) is 7.13. The van der Waals surface area contributed by atoms with E-state index in [4.69, 9.17) is 5.73 Å². The van der Waals surface area contributed by atoms with Crippen molar-refractivity contribution >= 4 is 41.0 Å². The number of para-hydroxylation sites is 2. The molecule has 0 aromatic heterocycles. The molecule has 0 fully saturated rings. The van der Waals surface area contributed by atoms with Crippen molar-refractivity contribution in [1.29, 1.82) is 0 Å². The summed E-state index contributed by atoms with van der Waals surface area (Å²) in [6.07, 6.45) is 3.27. The van der Waals surface area contributed by atoms with Crippen LogP contribution in [-0.2, 0) is 4.79 Å². The van der Waals surface area contributed by atoms with Crippen molar-refractivity contribution in [3.63, 3.8) is 0 Å². The molecule has 0 aliphatic rings. The van der Waals surface area contributed by atoms with E-state index in [9.17, 15) is 4.79 Å². The van der Waals surface area contributed by atoms with Crippen LogP contribution in [0.5, 0.6) is 0 Å². The van der Waals surface area contributed by atoms with Gasteiger partial charge in [-0.15, -0.1) is 0 Å². The summed E-state index contributed by atoms with van der Waals surface area (Å²) in [5, 5.41) is 2.78. The van der Waals surface area contributed by atoms with E-state index < -0.39 is 0 Å². The van der Waals surface area contributed by atoms with Crippen LogP contribution in [0.1, 0.15) is 5.56 Å². The fourth-order valence-electron chi connectivity index (χ4n) is 3.08. The zero-order chi connectivity index (χ0) is 22.2. The van der Waals surface area contributed by atoms with Crippen LogP contribution in [0, 0.1) is 0 Å². The van der Waals surface area contributed by atoms with Gasteiger partial charge in [0.2, 0.25) is 5.91 Å². The van der Waals surface area contributed by atoms with E-state index in [1.807, 2.05) is 54.6 Å². The highest BCUT2D eigenvalue weighted by molar-refractivity contribution is 8.00. The van der Waals surface area contributed by atoms with Gasteiger partial charge in [0.05, 0.1) is 11.4 Å². The summed E-state index contributed by atoms with van der Waals surface area (Å²) in [6.45, 7) is 0. The second-order valence-corrected chi connectivity index (χ2v) is 8.01. The number of amides is 1. The van der Waals surface area contributed by atoms with Gasteiger partial charge in [-0.2, -0.15) is 0 Å². The predicted octanol–water partition coefficient (Wildman–Crippen LogP) is 6.71. The summed E-state index contributed by atoms with van der Waals surface area (Å²) in [6, 6.07) is 33.9. The smallest absolute Gasteiger partial charge is 0.248 e. The molecule has 0 aliphatic carbocycles. The summed E-state index contributed by atoms with van der Waals surface area (Å²) in [5.41, 5.74) is 11.3. The molecule has 0 saturated carbocycles. The molecular weight excluding hydrogens is 414 g/mol. The molecule has 5 heteroatoms. The van der Waals surface area contributed by atoms with E-state index in [1.165, 1.54) is 17.2 Å². The average Bonchev–Trinajstić information content (AvgIpc) is 2.84. The van der Waals surface area contributed by atoms with Crippen molar-refractivity contribution < 1.29 is 4.79 Å². The number of nitrogens with one attached hydrogen (secondary N) is 2. The molecule has 0 aliphatic heterocycles. The van der Waals surface area contributed by atoms with Gasteiger partial charge >= 0.3 is 0 Å². The lowest BCUT2D eigenvalue weighted by molar-refractivity contribution is -0.111. The lowest BCUT2D eigenvalue weighted by atomic mass is 10.1. The Morgan fingerprint density at radius 1 is 0.750 bits per heavy atom. The number of anilines is 3. The van der Waals surface area contributed by atoms with Crippen LogP contribution in [0.15, 0.2) is 114 Å². The van der Waals surface area contributed by atoms with Gasteiger partial charge in [0.25, 0.3) is 0 Å². The quantitative estimate of drug-likeness (QED) is 0.171. The molecule has 0 atom stereocenters. The Labute approximate surface area is 192 Å². The molecule has 4 N–H and O–H groups in total. The molecule has 1 amide bonds. The molecule has 4 aromatic rings. The van der Waals surface area contributed by atoms with Crippen LogP contribution in [0.2, 0.25) is 0 Å². The summed E-state index contributed by atoms with van der Waals surface area (Å²) in [5.74, 6) is -0.223. The SMILES string of the molecule is Nc1ccccc1NC(=O)/C=C/c1ccc(NSc2ccc(-c3ccccc3)cc2)cc1. The topological polar surface area (TPSA) is 67.1 Å². The number of hydrogen-bond acceptors (Lipinski definition) is 4. The maximum atomic E-state index is 12.1. The van der Waals surface area contributed by atoms with E-state index in [-0.39, 0.29) is 5.91 Å². The number of carbonyl (C=O) groups excluding carboxylic acids is 1. The average molecular weight is 438 g/mol. The van der Waals surface area contributed by atoms with Crippen LogP contribution in [-0.4, -0.2) is 5.91 Å². The minimum absolute atomic E-state index is 0.223. The first-order valence-corrected chi connectivity index (χ1v) is 11.0. The van der Waals surface area contributed by atoms with E-state index in [1.54, 1.807) is 30.2 Å². The fourth-order valence-corrected chi connectivity index (χ4v) is 3.73. The van der Waals surface area contributed by atoms with E-state index >= 15 is 0 Å². The zero-order valence-electron chi connectivity index (χ0n) is 17.4. The van der Waals surface area contributed by atoms with Gasteiger partial charge in [-0.1, -0.05) is 66.7 Å². The zero-order valence-corrected chi connectivity index (χ0v) is 18.2. The Kier molecular flexibility index (Phi) is 6.90. The van der Waals surface area contributed by atoms with Crippen LogP contribution < -0.4 is 15.8 Å². The minimum Gasteiger partial charge on any atom is -0.397 e. The summed E-state index contributed by atoms with van der Waals surface area (Å²) >= 11 is 1.56. The normalized spacial score (nSPS) is 10.8. The molecule has 4 nitrogen and oxygen atoms in total. The van der Waals surface area contributed by atoms with Crippen LogP contribution in [0.25, 0.3) is 17.2 Å². The lowest BCUT2D eigenvalue weighted by Gasteiger charge is -2.07. The third-order valence-electron chi connectivity index (χ3n) is 4.80. The second kappa shape index (κ2) is 10.4. The van der Waals surface area contributed by atoms with E-state index in [0.29, 0.717) is 11.4 Å². The standard InChI is InChI=1S/C27H23N3OS/c28-25-8-4-5-9-26(25)29-27(31)19-12-20-10-15-23(16-11-20)30-32-24-17-13-22(14-18-24)21-6-2-1-3-7-21/h1-19,30H,28H2,(H,29,31)/b19-12+. The van der Waals surface area contributed by atoms with Crippen molar-refractivity contribution in [2.45, 2.75) is 4.90 Å². The van der Waals surface area contributed by atoms with Gasteiger partial charge in [-0.05, 0) is 71.1 Å². The number of rotatable bonds is 7. The van der Waals surface area contributed by atoms with E-state index in [2.05, 4.69) is 46.4 Å². The Hall–Kier alpha value is -3.96. The predicted molar refractivity (Wildman–Crippen MR) is 136 cm³/mol. The highest BCUT2D eigenvalue weighted by Gasteiger charge is 2.02. The van der Waals surface area contributed by atoms with E-state index in [0.717, 1.165) is 16.1 Å². The molecule has 0 bridgehead atoms. The third-order valence-corrected chi connectivity index (χ3v) is 5.65. The Bertz CT molecular complexity index is 1200. The molecule has 0 saturated heterocycles. The number of nitrogen functional groups attached to an aromatic ring is 1. The molecule has 4 rings (SSSR count). The Balaban J connectivity index is 1.29. The first-order valence-electron chi connectivity index (χ1n) is 10.2. The third kappa shape index (κ3) is 5.80. The molecule has 158 valence electrons. The van der Waals surface area contributed by atoms with Crippen molar-refractivity contribution in [3.8, 4) is 11.1 Å².